The lowest BCUT2D eigenvalue weighted by atomic mass is 9.68. The standard InChI is InChI=1S/C32H50N2O4S/c1-7-11-18-32(19-12-8-2)24-39(36,37)29-17-16-26(33(5)6)23-28(29)30(31(32)35)25-14-13-15-27(22-25)38-21-20-34(9-3)10-4/h13-17,22-23,30-31,35H,7-12,18-21,24H2,1-6H3/t30-,31-/m1/s1. The minimum atomic E-state index is -3.62. The molecule has 0 unspecified atom stereocenters. The van der Waals surface area contributed by atoms with Crippen LogP contribution in [-0.4, -0.2) is 70.6 Å². The molecule has 0 fully saturated rings. The van der Waals surface area contributed by atoms with Crippen LogP contribution in [0.2, 0.25) is 0 Å². The number of benzene rings is 2. The van der Waals surface area contributed by atoms with Crippen LogP contribution in [0.1, 0.15) is 83.3 Å². The molecule has 6 nitrogen and oxygen atoms in total. The van der Waals surface area contributed by atoms with Crippen molar-refractivity contribution in [3.63, 3.8) is 0 Å². The van der Waals surface area contributed by atoms with E-state index in [1.54, 1.807) is 6.07 Å². The highest BCUT2D eigenvalue weighted by atomic mass is 32.2. The van der Waals surface area contributed by atoms with Gasteiger partial charge in [-0.15, -0.1) is 0 Å². The van der Waals surface area contributed by atoms with E-state index in [2.05, 4.69) is 32.6 Å². The van der Waals surface area contributed by atoms with Gasteiger partial charge in [0, 0.05) is 37.7 Å². The van der Waals surface area contributed by atoms with Gasteiger partial charge in [-0.3, -0.25) is 0 Å². The number of aliphatic hydroxyl groups is 1. The molecule has 3 rings (SSSR count). The second-order valence-corrected chi connectivity index (χ2v) is 13.3. The summed E-state index contributed by atoms with van der Waals surface area (Å²) in [5.41, 5.74) is 1.78. The summed E-state index contributed by atoms with van der Waals surface area (Å²) in [5, 5.41) is 12.4. The van der Waals surface area contributed by atoms with Crippen molar-refractivity contribution < 1.29 is 18.3 Å². The van der Waals surface area contributed by atoms with Crippen LogP contribution in [0.15, 0.2) is 47.4 Å². The van der Waals surface area contributed by atoms with Crippen LogP contribution in [0.3, 0.4) is 0 Å². The fourth-order valence-electron chi connectivity index (χ4n) is 6.02. The Balaban J connectivity index is 2.16. The number of anilines is 1. The number of rotatable bonds is 14. The molecule has 0 saturated carbocycles. The Morgan fingerprint density at radius 1 is 0.974 bits per heavy atom. The van der Waals surface area contributed by atoms with Crippen LogP contribution in [0.5, 0.6) is 5.75 Å². The molecule has 218 valence electrons. The summed E-state index contributed by atoms with van der Waals surface area (Å²) in [4.78, 5) is 4.65. The first-order valence-corrected chi connectivity index (χ1v) is 16.4. The number of likely N-dealkylation sites (N-methyl/N-ethyl adjacent to an activating group) is 1. The summed E-state index contributed by atoms with van der Waals surface area (Å²) in [6.07, 6.45) is 4.23. The predicted molar refractivity (Wildman–Crippen MR) is 162 cm³/mol. The second kappa shape index (κ2) is 14.0. The van der Waals surface area contributed by atoms with Gasteiger partial charge in [-0.05, 0) is 67.4 Å². The van der Waals surface area contributed by atoms with E-state index < -0.39 is 27.3 Å². The summed E-state index contributed by atoms with van der Waals surface area (Å²) >= 11 is 0. The first kappa shape index (κ1) is 31.4. The number of ether oxygens (including phenoxy) is 1. The van der Waals surface area contributed by atoms with Gasteiger partial charge in [0.2, 0.25) is 0 Å². The van der Waals surface area contributed by atoms with Gasteiger partial charge in [0.05, 0.1) is 16.8 Å². The summed E-state index contributed by atoms with van der Waals surface area (Å²) in [6, 6.07) is 13.5. The lowest BCUT2D eigenvalue weighted by Crippen LogP contribution is -2.43. The topological polar surface area (TPSA) is 70.1 Å². The second-order valence-electron chi connectivity index (χ2n) is 11.3. The van der Waals surface area contributed by atoms with Gasteiger partial charge in [0.25, 0.3) is 0 Å². The first-order chi connectivity index (χ1) is 18.6. The molecule has 2 aromatic rings. The van der Waals surface area contributed by atoms with Gasteiger partial charge in [0.15, 0.2) is 9.84 Å². The largest absolute Gasteiger partial charge is 0.492 e. The van der Waals surface area contributed by atoms with Crippen molar-refractivity contribution in [2.75, 3.05) is 51.0 Å². The Morgan fingerprint density at radius 2 is 1.64 bits per heavy atom. The van der Waals surface area contributed by atoms with E-state index in [1.165, 1.54) is 0 Å². The zero-order chi connectivity index (χ0) is 28.6. The average molecular weight is 559 g/mol. The zero-order valence-electron chi connectivity index (χ0n) is 24.9. The highest BCUT2D eigenvalue weighted by Gasteiger charge is 2.49. The van der Waals surface area contributed by atoms with Crippen LogP contribution in [0.4, 0.5) is 5.69 Å². The highest BCUT2D eigenvalue weighted by Crippen LogP contribution is 2.50. The number of aliphatic hydroxyl groups excluding tert-OH is 1. The molecule has 1 N–H and O–H groups in total. The number of unbranched alkanes of at least 4 members (excludes halogenated alkanes) is 2. The molecular formula is C32H50N2O4S. The van der Waals surface area contributed by atoms with Crippen LogP contribution < -0.4 is 9.64 Å². The van der Waals surface area contributed by atoms with E-state index in [9.17, 15) is 13.5 Å². The fourth-order valence-corrected chi connectivity index (χ4v) is 8.21. The van der Waals surface area contributed by atoms with Crippen LogP contribution in [0, 0.1) is 5.41 Å². The molecule has 0 aromatic heterocycles. The summed E-state index contributed by atoms with van der Waals surface area (Å²) in [6.45, 7) is 11.9. The number of hydrogen-bond acceptors (Lipinski definition) is 6. The van der Waals surface area contributed by atoms with Crippen molar-refractivity contribution in [3.8, 4) is 5.75 Å². The molecule has 7 heteroatoms. The number of nitrogens with zero attached hydrogens (tertiary/aromatic N) is 2. The highest BCUT2D eigenvalue weighted by molar-refractivity contribution is 7.91. The first-order valence-electron chi connectivity index (χ1n) is 14.8. The van der Waals surface area contributed by atoms with E-state index in [0.717, 1.165) is 62.3 Å². The Bertz CT molecular complexity index is 1150. The third-order valence-corrected chi connectivity index (χ3v) is 10.4. The van der Waals surface area contributed by atoms with Crippen LogP contribution in [-0.2, 0) is 9.84 Å². The maximum absolute atomic E-state index is 14.0. The van der Waals surface area contributed by atoms with Crippen LogP contribution in [0.25, 0.3) is 0 Å². The van der Waals surface area contributed by atoms with E-state index in [4.69, 9.17) is 4.74 Å². The minimum absolute atomic E-state index is 0.0218. The number of fused-ring (bicyclic) bond motifs is 1. The lowest BCUT2D eigenvalue weighted by molar-refractivity contribution is 0.0126. The Labute approximate surface area is 237 Å². The molecule has 1 aliphatic heterocycles. The Hall–Kier alpha value is -2.09. The molecule has 1 heterocycles. The Kier molecular flexibility index (Phi) is 11.3. The predicted octanol–water partition coefficient (Wildman–Crippen LogP) is 6.12. The Morgan fingerprint density at radius 3 is 2.23 bits per heavy atom. The number of sulfone groups is 1. The molecule has 2 aromatic carbocycles. The zero-order valence-corrected chi connectivity index (χ0v) is 25.8. The molecular weight excluding hydrogens is 508 g/mol. The third kappa shape index (κ3) is 7.36. The molecule has 0 saturated heterocycles. The van der Waals surface area contributed by atoms with E-state index in [-0.39, 0.29) is 5.75 Å². The summed E-state index contributed by atoms with van der Waals surface area (Å²) in [5.74, 6) is 0.251. The summed E-state index contributed by atoms with van der Waals surface area (Å²) < 4.78 is 34.2. The molecule has 39 heavy (non-hydrogen) atoms. The van der Waals surface area contributed by atoms with Crippen molar-refractivity contribution >= 4 is 15.5 Å². The van der Waals surface area contributed by atoms with Crippen molar-refractivity contribution in [1.82, 2.24) is 4.90 Å². The van der Waals surface area contributed by atoms with E-state index >= 15 is 0 Å². The molecule has 0 bridgehead atoms. The van der Waals surface area contributed by atoms with Gasteiger partial charge in [-0.1, -0.05) is 65.5 Å². The third-order valence-electron chi connectivity index (χ3n) is 8.44. The van der Waals surface area contributed by atoms with Crippen molar-refractivity contribution in [2.45, 2.75) is 83.1 Å². The van der Waals surface area contributed by atoms with E-state index in [0.29, 0.717) is 29.9 Å². The minimum Gasteiger partial charge on any atom is -0.492 e. The average Bonchev–Trinajstić information content (AvgIpc) is 2.99. The number of hydrogen-bond donors (Lipinski definition) is 1. The van der Waals surface area contributed by atoms with Gasteiger partial charge >= 0.3 is 0 Å². The lowest BCUT2D eigenvalue weighted by Gasteiger charge is -2.40. The normalized spacial score (nSPS) is 19.9. The fraction of sp³-hybridized carbons (Fsp3) is 0.625. The summed E-state index contributed by atoms with van der Waals surface area (Å²) in [7, 11) is 0.290. The SMILES string of the molecule is CCCCC1(CCCC)CS(=O)(=O)c2ccc(N(C)C)cc2[C@@H](c2cccc(OCCN(CC)CC)c2)[C@H]1O. The molecule has 0 amide bonds. The molecule has 0 spiro atoms. The van der Waals surface area contributed by atoms with Crippen LogP contribution >= 0.6 is 0 Å². The molecule has 1 aliphatic rings. The van der Waals surface area contributed by atoms with Gasteiger partial charge < -0.3 is 19.6 Å². The van der Waals surface area contributed by atoms with Crippen molar-refractivity contribution in [1.29, 1.82) is 0 Å². The van der Waals surface area contributed by atoms with E-state index in [1.807, 2.05) is 55.4 Å². The molecule has 0 aliphatic carbocycles. The monoisotopic (exact) mass is 558 g/mol. The smallest absolute Gasteiger partial charge is 0.179 e. The maximum atomic E-state index is 14.0. The van der Waals surface area contributed by atoms with Gasteiger partial charge in [0.1, 0.15) is 12.4 Å². The quantitative estimate of drug-likeness (QED) is 0.301. The van der Waals surface area contributed by atoms with Gasteiger partial charge in [-0.25, -0.2) is 8.42 Å². The van der Waals surface area contributed by atoms with Crippen molar-refractivity contribution in [3.05, 3.63) is 53.6 Å². The maximum Gasteiger partial charge on any atom is 0.179 e. The molecule has 0 radical (unpaired) electrons. The van der Waals surface area contributed by atoms with Gasteiger partial charge in [-0.2, -0.15) is 0 Å². The van der Waals surface area contributed by atoms with Crippen molar-refractivity contribution in [2.24, 2.45) is 5.41 Å². The molecule has 2 atom stereocenters.